The minimum absolute atomic E-state index is 0.552. The van der Waals surface area contributed by atoms with Gasteiger partial charge < -0.3 is 5.32 Å². The number of nitrogens with one attached hydrogen (secondary N) is 1. The van der Waals surface area contributed by atoms with Crippen molar-refractivity contribution < 1.29 is 0 Å². The summed E-state index contributed by atoms with van der Waals surface area (Å²) in [6.45, 7) is 7.53. The molecule has 0 aliphatic heterocycles. The first-order valence-corrected chi connectivity index (χ1v) is 6.65. The van der Waals surface area contributed by atoms with Gasteiger partial charge in [0, 0.05) is 12.6 Å². The third-order valence-electron chi connectivity index (χ3n) is 3.16. The van der Waals surface area contributed by atoms with E-state index in [0.29, 0.717) is 6.04 Å². The van der Waals surface area contributed by atoms with Crippen LogP contribution < -0.4 is 5.32 Å². The van der Waals surface area contributed by atoms with Crippen LogP contribution in [0.5, 0.6) is 0 Å². The highest BCUT2D eigenvalue weighted by Gasteiger charge is 2.23. The Morgan fingerprint density at radius 3 is 2.82 bits per heavy atom. The van der Waals surface area contributed by atoms with Crippen molar-refractivity contribution in [3.8, 4) is 0 Å². The van der Waals surface area contributed by atoms with Crippen molar-refractivity contribution in [2.24, 2.45) is 0 Å². The fourth-order valence-electron chi connectivity index (χ4n) is 2.02. The molecule has 1 nitrogen and oxygen atoms in total. The Morgan fingerprint density at radius 2 is 2.18 bits per heavy atom. The average molecular weight is 229 g/mol. The Kier molecular flexibility index (Phi) is 4.01. The molecule has 1 N–H and O–H groups in total. The summed E-state index contributed by atoms with van der Waals surface area (Å²) in [4.78, 5) is 0. The Bertz CT molecular complexity index is 400. The second-order valence-corrected chi connectivity index (χ2v) is 5.47. The van der Waals surface area contributed by atoms with Crippen molar-refractivity contribution in [3.05, 3.63) is 41.0 Å². The van der Waals surface area contributed by atoms with Crippen LogP contribution >= 0.6 is 0 Å². The second kappa shape index (κ2) is 5.50. The van der Waals surface area contributed by atoms with Gasteiger partial charge in [0.15, 0.2) is 0 Å². The first kappa shape index (κ1) is 12.4. The van der Waals surface area contributed by atoms with E-state index in [9.17, 15) is 0 Å². The van der Waals surface area contributed by atoms with Crippen molar-refractivity contribution in [2.75, 3.05) is 6.54 Å². The first-order valence-electron chi connectivity index (χ1n) is 6.65. The molecule has 17 heavy (non-hydrogen) atoms. The predicted molar refractivity (Wildman–Crippen MR) is 75.2 cm³/mol. The number of rotatable bonds is 5. The molecule has 0 saturated heterocycles. The van der Waals surface area contributed by atoms with Gasteiger partial charge in [0.05, 0.1) is 0 Å². The lowest BCUT2D eigenvalue weighted by molar-refractivity contribution is 0.623. The molecule has 0 radical (unpaired) electrons. The highest BCUT2D eigenvalue weighted by molar-refractivity contribution is 5.54. The van der Waals surface area contributed by atoms with Crippen LogP contribution in [0.15, 0.2) is 29.8 Å². The molecule has 1 saturated carbocycles. The van der Waals surface area contributed by atoms with Crippen LogP contribution in [0.4, 0.5) is 0 Å². The molecule has 1 aromatic rings. The lowest BCUT2D eigenvalue weighted by Crippen LogP contribution is -2.24. The van der Waals surface area contributed by atoms with Crippen LogP contribution in [-0.2, 0) is 0 Å². The van der Waals surface area contributed by atoms with Gasteiger partial charge in [-0.2, -0.15) is 0 Å². The van der Waals surface area contributed by atoms with E-state index in [1.807, 2.05) is 0 Å². The van der Waals surface area contributed by atoms with E-state index in [4.69, 9.17) is 0 Å². The Labute approximate surface area is 105 Å². The van der Waals surface area contributed by atoms with E-state index in [2.05, 4.69) is 56.4 Å². The van der Waals surface area contributed by atoms with E-state index >= 15 is 0 Å². The van der Waals surface area contributed by atoms with Crippen molar-refractivity contribution in [1.29, 1.82) is 0 Å². The smallest absolute Gasteiger partial charge is 0.0167 e. The van der Waals surface area contributed by atoms with Gasteiger partial charge in [-0.3, -0.25) is 0 Å². The summed E-state index contributed by atoms with van der Waals surface area (Å²) < 4.78 is 0. The summed E-state index contributed by atoms with van der Waals surface area (Å²) >= 11 is 0. The Balaban J connectivity index is 2.00. The van der Waals surface area contributed by atoms with Crippen LogP contribution in [0.1, 0.15) is 50.7 Å². The monoisotopic (exact) mass is 229 g/mol. The molecule has 92 valence electrons. The fraction of sp³-hybridized carbons (Fsp3) is 0.500. The van der Waals surface area contributed by atoms with Gasteiger partial charge in [0.25, 0.3) is 0 Å². The van der Waals surface area contributed by atoms with Crippen molar-refractivity contribution >= 4 is 6.08 Å². The van der Waals surface area contributed by atoms with Crippen molar-refractivity contribution in [2.45, 2.75) is 45.6 Å². The van der Waals surface area contributed by atoms with E-state index in [1.54, 1.807) is 0 Å². The standard InChI is InChI=1S/C16H23N/c1-12(2)17-11-13(3)9-14-5-4-6-16(10-14)15-7-8-15/h4-6,9-10,12,15,17H,7-8,11H2,1-3H3. The van der Waals surface area contributed by atoms with Crippen molar-refractivity contribution in [3.63, 3.8) is 0 Å². The van der Waals surface area contributed by atoms with Crippen LogP contribution in [0.25, 0.3) is 6.08 Å². The van der Waals surface area contributed by atoms with Crippen LogP contribution in [0, 0.1) is 0 Å². The fourth-order valence-corrected chi connectivity index (χ4v) is 2.02. The zero-order chi connectivity index (χ0) is 12.3. The van der Waals surface area contributed by atoms with E-state index in [-0.39, 0.29) is 0 Å². The third kappa shape index (κ3) is 4.01. The van der Waals surface area contributed by atoms with Gasteiger partial charge in [0.2, 0.25) is 0 Å². The second-order valence-electron chi connectivity index (χ2n) is 5.47. The van der Waals surface area contributed by atoms with E-state index in [0.717, 1.165) is 12.5 Å². The molecule has 0 unspecified atom stereocenters. The summed E-state index contributed by atoms with van der Waals surface area (Å²) in [5, 5.41) is 3.45. The molecular weight excluding hydrogens is 206 g/mol. The maximum atomic E-state index is 3.45. The molecule has 1 fully saturated rings. The lowest BCUT2D eigenvalue weighted by atomic mass is 10.1. The molecule has 0 heterocycles. The number of hydrogen-bond donors (Lipinski definition) is 1. The molecular formula is C16H23N. The minimum Gasteiger partial charge on any atom is -0.311 e. The maximum absolute atomic E-state index is 3.45. The molecule has 1 aliphatic carbocycles. The number of hydrogen-bond acceptors (Lipinski definition) is 1. The molecule has 1 aromatic carbocycles. The van der Waals surface area contributed by atoms with Gasteiger partial charge in [-0.15, -0.1) is 0 Å². The number of benzene rings is 1. The zero-order valence-corrected chi connectivity index (χ0v) is 11.2. The molecule has 0 bridgehead atoms. The highest BCUT2D eigenvalue weighted by atomic mass is 14.9. The predicted octanol–water partition coefficient (Wildman–Crippen LogP) is 3.97. The molecule has 0 atom stereocenters. The van der Waals surface area contributed by atoms with Crippen LogP contribution in [0.2, 0.25) is 0 Å². The van der Waals surface area contributed by atoms with E-state index < -0.39 is 0 Å². The summed E-state index contributed by atoms with van der Waals surface area (Å²) in [6, 6.07) is 9.54. The summed E-state index contributed by atoms with van der Waals surface area (Å²) in [7, 11) is 0. The normalized spacial score (nSPS) is 16.6. The molecule has 1 aliphatic rings. The largest absolute Gasteiger partial charge is 0.311 e. The van der Waals surface area contributed by atoms with Gasteiger partial charge >= 0.3 is 0 Å². The third-order valence-corrected chi connectivity index (χ3v) is 3.16. The first-order chi connectivity index (χ1) is 8.15. The summed E-state index contributed by atoms with van der Waals surface area (Å²) in [5.41, 5.74) is 4.26. The molecule has 0 amide bonds. The summed E-state index contributed by atoms with van der Waals surface area (Å²) in [5.74, 6) is 0.845. The minimum atomic E-state index is 0.552. The summed E-state index contributed by atoms with van der Waals surface area (Å²) in [6.07, 6.45) is 5.05. The van der Waals surface area contributed by atoms with Crippen LogP contribution in [0.3, 0.4) is 0 Å². The molecule has 2 rings (SSSR count). The van der Waals surface area contributed by atoms with Crippen molar-refractivity contribution in [1.82, 2.24) is 5.32 Å². The average Bonchev–Trinajstić information content (AvgIpc) is 3.10. The Morgan fingerprint density at radius 1 is 1.41 bits per heavy atom. The quantitative estimate of drug-likeness (QED) is 0.805. The SMILES string of the molecule is CC(=Cc1cccc(C2CC2)c1)CNC(C)C. The van der Waals surface area contributed by atoms with Gasteiger partial charge in [-0.05, 0) is 36.8 Å². The molecule has 0 aromatic heterocycles. The highest BCUT2D eigenvalue weighted by Crippen LogP contribution is 2.40. The van der Waals surface area contributed by atoms with Gasteiger partial charge in [-0.25, -0.2) is 0 Å². The van der Waals surface area contributed by atoms with Gasteiger partial charge in [-0.1, -0.05) is 49.8 Å². The molecule has 0 spiro atoms. The Hall–Kier alpha value is -1.08. The van der Waals surface area contributed by atoms with E-state index in [1.165, 1.54) is 29.5 Å². The topological polar surface area (TPSA) is 12.0 Å². The lowest BCUT2D eigenvalue weighted by Gasteiger charge is -2.08. The maximum Gasteiger partial charge on any atom is 0.0167 e. The van der Waals surface area contributed by atoms with Gasteiger partial charge in [0.1, 0.15) is 0 Å². The molecule has 1 heteroatoms. The zero-order valence-electron chi connectivity index (χ0n) is 11.2. The van der Waals surface area contributed by atoms with Crippen LogP contribution in [-0.4, -0.2) is 12.6 Å².